The number of hydrogen-bond donors (Lipinski definition) is 1. The van der Waals surface area contributed by atoms with E-state index in [1.807, 2.05) is 34.2 Å². The number of hydrogen-bond acceptors (Lipinski definition) is 7. The summed E-state index contributed by atoms with van der Waals surface area (Å²) < 4.78 is 7.84. The highest BCUT2D eigenvalue weighted by molar-refractivity contribution is 7.99. The minimum absolute atomic E-state index is 0.151. The van der Waals surface area contributed by atoms with Gasteiger partial charge in [0.15, 0.2) is 16.1 Å². The van der Waals surface area contributed by atoms with Crippen LogP contribution in [0.3, 0.4) is 0 Å². The molecule has 4 rings (SSSR count). The number of allylic oxidation sites excluding steroid dienone is 1. The molecule has 2 aromatic carbocycles. The number of anilines is 1. The largest absolute Gasteiger partial charge is 0.486 e. The summed E-state index contributed by atoms with van der Waals surface area (Å²) in [5.74, 6) is 1.49. The van der Waals surface area contributed by atoms with Crippen LogP contribution in [0.2, 0.25) is 0 Å². The Morgan fingerprint density at radius 2 is 1.83 bits per heavy atom. The molecule has 2 aromatic heterocycles. The van der Waals surface area contributed by atoms with Gasteiger partial charge in [-0.25, -0.2) is 4.98 Å². The molecule has 0 spiro atoms. The molecule has 0 bridgehead atoms. The van der Waals surface area contributed by atoms with Crippen LogP contribution in [0.4, 0.5) is 5.13 Å². The molecule has 7 nitrogen and oxygen atoms in total. The number of aryl methyl sites for hydroxylation is 4. The number of amides is 1. The van der Waals surface area contributed by atoms with E-state index in [9.17, 15) is 4.79 Å². The van der Waals surface area contributed by atoms with E-state index in [0.717, 1.165) is 17.0 Å². The number of benzene rings is 2. The zero-order chi connectivity index (χ0) is 25.7. The SMILES string of the molecule is C=CCn1c(COc2ccc(C)c(C)c2)nnc1SCC(=O)Nc1nc(-c2ccc(C)c(C)c2)cs1. The van der Waals surface area contributed by atoms with E-state index in [1.165, 1.54) is 45.4 Å². The Hall–Kier alpha value is -3.43. The molecular formula is C27H29N5O2S2. The number of nitrogens with zero attached hydrogens (tertiary/aromatic N) is 4. The predicted molar refractivity (Wildman–Crippen MR) is 147 cm³/mol. The molecule has 0 aliphatic rings. The highest BCUT2D eigenvalue weighted by Gasteiger charge is 2.15. The number of carbonyl (C=O) groups is 1. The van der Waals surface area contributed by atoms with Gasteiger partial charge in [-0.05, 0) is 68.1 Å². The molecule has 0 atom stereocenters. The van der Waals surface area contributed by atoms with Crippen molar-refractivity contribution in [1.82, 2.24) is 19.7 Å². The van der Waals surface area contributed by atoms with Crippen LogP contribution in [0.5, 0.6) is 5.75 Å². The zero-order valence-electron chi connectivity index (χ0n) is 20.9. The lowest BCUT2D eigenvalue weighted by Gasteiger charge is -2.10. The maximum atomic E-state index is 12.6. The fourth-order valence-electron chi connectivity index (χ4n) is 3.45. The third kappa shape index (κ3) is 6.22. The maximum Gasteiger partial charge on any atom is 0.236 e. The number of thiazole rings is 1. The van der Waals surface area contributed by atoms with Gasteiger partial charge in [0.05, 0.1) is 11.4 Å². The van der Waals surface area contributed by atoms with Crippen LogP contribution in [0.1, 0.15) is 28.1 Å². The summed E-state index contributed by atoms with van der Waals surface area (Å²) in [6.45, 7) is 12.9. The molecular weight excluding hydrogens is 490 g/mol. The molecule has 0 aliphatic heterocycles. The lowest BCUT2D eigenvalue weighted by atomic mass is 10.1. The second kappa shape index (κ2) is 11.5. The number of carbonyl (C=O) groups excluding carboxylic acids is 1. The van der Waals surface area contributed by atoms with Gasteiger partial charge in [0.1, 0.15) is 12.4 Å². The Kier molecular flexibility index (Phi) is 8.22. The van der Waals surface area contributed by atoms with Crippen LogP contribution in [0.25, 0.3) is 11.3 Å². The van der Waals surface area contributed by atoms with Gasteiger partial charge in [-0.3, -0.25) is 9.36 Å². The topological polar surface area (TPSA) is 81.9 Å². The average Bonchev–Trinajstić information content (AvgIpc) is 3.47. The van der Waals surface area contributed by atoms with Gasteiger partial charge in [0.2, 0.25) is 5.91 Å². The molecule has 0 saturated carbocycles. The fraction of sp³-hybridized carbons (Fsp3) is 0.259. The van der Waals surface area contributed by atoms with Gasteiger partial charge in [0.25, 0.3) is 0 Å². The first-order chi connectivity index (χ1) is 17.3. The van der Waals surface area contributed by atoms with Gasteiger partial charge in [-0.2, -0.15) is 0 Å². The van der Waals surface area contributed by atoms with Gasteiger partial charge in [0, 0.05) is 17.5 Å². The molecule has 2 heterocycles. The number of ether oxygens (including phenoxy) is 1. The number of rotatable bonds is 10. The van der Waals surface area contributed by atoms with Crippen molar-refractivity contribution in [2.45, 2.75) is 46.0 Å². The van der Waals surface area contributed by atoms with Gasteiger partial charge >= 0.3 is 0 Å². The molecule has 0 fully saturated rings. The van der Waals surface area contributed by atoms with Crippen LogP contribution in [0, 0.1) is 27.7 Å². The van der Waals surface area contributed by atoms with Gasteiger partial charge < -0.3 is 10.1 Å². The summed E-state index contributed by atoms with van der Waals surface area (Å²) in [6, 6.07) is 12.2. The first-order valence-electron chi connectivity index (χ1n) is 11.5. The lowest BCUT2D eigenvalue weighted by Crippen LogP contribution is -2.15. The molecule has 1 N–H and O–H groups in total. The number of thioether (sulfide) groups is 1. The van der Waals surface area contributed by atoms with E-state index < -0.39 is 0 Å². The van der Waals surface area contributed by atoms with Crippen molar-refractivity contribution in [3.8, 4) is 17.0 Å². The summed E-state index contributed by atoms with van der Waals surface area (Å²) in [7, 11) is 0. The van der Waals surface area contributed by atoms with Crippen LogP contribution in [0.15, 0.2) is 59.6 Å². The van der Waals surface area contributed by atoms with Crippen molar-refractivity contribution in [2.24, 2.45) is 0 Å². The van der Waals surface area contributed by atoms with E-state index in [4.69, 9.17) is 4.74 Å². The smallest absolute Gasteiger partial charge is 0.236 e. The quantitative estimate of drug-likeness (QED) is 0.200. The summed E-state index contributed by atoms with van der Waals surface area (Å²) in [6.07, 6.45) is 1.77. The van der Waals surface area contributed by atoms with Crippen molar-refractivity contribution in [3.05, 3.63) is 82.5 Å². The minimum Gasteiger partial charge on any atom is -0.486 e. The molecule has 9 heteroatoms. The van der Waals surface area contributed by atoms with Crippen LogP contribution in [-0.2, 0) is 17.9 Å². The Morgan fingerprint density at radius 1 is 1.08 bits per heavy atom. The normalized spacial score (nSPS) is 10.9. The van der Waals surface area contributed by atoms with Crippen molar-refractivity contribution >= 4 is 34.1 Å². The molecule has 0 aliphatic carbocycles. The molecule has 4 aromatic rings. The highest BCUT2D eigenvalue weighted by atomic mass is 32.2. The molecule has 1 amide bonds. The van der Waals surface area contributed by atoms with E-state index in [0.29, 0.717) is 22.7 Å². The van der Waals surface area contributed by atoms with Crippen LogP contribution >= 0.6 is 23.1 Å². The Labute approximate surface area is 219 Å². The maximum absolute atomic E-state index is 12.6. The van der Waals surface area contributed by atoms with Crippen molar-refractivity contribution in [2.75, 3.05) is 11.1 Å². The Morgan fingerprint density at radius 3 is 2.56 bits per heavy atom. The van der Waals surface area contributed by atoms with E-state index >= 15 is 0 Å². The van der Waals surface area contributed by atoms with E-state index in [2.05, 4.69) is 66.9 Å². The van der Waals surface area contributed by atoms with E-state index in [1.54, 1.807) is 6.08 Å². The zero-order valence-corrected chi connectivity index (χ0v) is 22.5. The summed E-state index contributed by atoms with van der Waals surface area (Å²) >= 11 is 2.73. The Bertz CT molecular complexity index is 1390. The number of aromatic nitrogens is 4. The summed E-state index contributed by atoms with van der Waals surface area (Å²) in [4.78, 5) is 17.2. The second-order valence-electron chi connectivity index (χ2n) is 8.51. The van der Waals surface area contributed by atoms with Gasteiger partial charge in [-0.15, -0.1) is 28.1 Å². The van der Waals surface area contributed by atoms with Crippen molar-refractivity contribution < 1.29 is 9.53 Å². The molecule has 0 radical (unpaired) electrons. The third-order valence-electron chi connectivity index (χ3n) is 5.84. The molecule has 186 valence electrons. The summed E-state index contributed by atoms with van der Waals surface area (Å²) in [5, 5.41) is 14.6. The monoisotopic (exact) mass is 519 g/mol. The van der Waals surface area contributed by atoms with Crippen LogP contribution in [-0.4, -0.2) is 31.4 Å². The van der Waals surface area contributed by atoms with Crippen LogP contribution < -0.4 is 10.1 Å². The van der Waals surface area contributed by atoms with Crippen molar-refractivity contribution in [1.29, 1.82) is 0 Å². The first-order valence-corrected chi connectivity index (χ1v) is 13.4. The minimum atomic E-state index is -0.151. The standard InChI is InChI=1S/C27H29N5O2S2/c1-6-11-32-24(14-34-22-10-8-18(3)20(5)13-22)30-31-27(32)36-16-25(33)29-26-28-23(15-35-26)21-9-7-17(2)19(4)12-21/h6-10,12-13,15H,1,11,14,16H2,2-5H3,(H,28,29,33). The van der Waals surface area contributed by atoms with Gasteiger partial charge in [-0.1, -0.05) is 36.0 Å². The average molecular weight is 520 g/mol. The van der Waals surface area contributed by atoms with E-state index in [-0.39, 0.29) is 18.3 Å². The fourth-order valence-corrected chi connectivity index (χ4v) is 4.95. The lowest BCUT2D eigenvalue weighted by molar-refractivity contribution is -0.113. The molecule has 36 heavy (non-hydrogen) atoms. The molecule has 0 unspecified atom stereocenters. The Balaban J connectivity index is 1.36. The van der Waals surface area contributed by atoms with Crippen molar-refractivity contribution in [3.63, 3.8) is 0 Å². The molecule has 0 saturated heterocycles. The first kappa shape index (κ1) is 25.7. The predicted octanol–water partition coefficient (Wildman–Crippen LogP) is 6.13. The third-order valence-corrected chi connectivity index (χ3v) is 7.56. The number of nitrogens with one attached hydrogen (secondary N) is 1. The highest BCUT2D eigenvalue weighted by Crippen LogP contribution is 2.27. The summed E-state index contributed by atoms with van der Waals surface area (Å²) in [5.41, 5.74) is 6.73. The second-order valence-corrected chi connectivity index (χ2v) is 10.3.